The Balaban J connectivity index is 2.04. The molecule has 0 aliphatic carbocycles. The zero-order valence-electron chi connectivity index (χ0n) is 10.5. The van der Waals surface area contributed by atoms with E-state index in [9.17, 15) is 0 Å². The molecule has 1 aliphatic rings. The SMILES string of the molecule is CCOc1ccnc(NC2(C)CCNCC2)n1. The van der Waals surface area contributed by atoms with Crippen molar-refractivity contribution in [3.05, 3.63) is 12.3 Å². The fraction of sp³-hybridized carbons (Fsp3) is 0.667. The maximum Gasteiger partial charge on any atom is 0.226 e. The molecule has 94 valence electrons. The van der Waals surface area contributed by atoms with Gasteiger partial charge < -0.3 is 15.4 Å². The molecule has 1 aromatic heterocycles. The van der Waals surface area contributed by atoms with Crippen LogP contribution in [0.4, 0.5) is 5.95 Å². The lowest BCUT2D eigenvalue weighted by molar-refractivity contribution is 0.325. The normalized spacial score (nSPS) is 18.7. The Labute approximate surface area is 102 Å². The van der Waals surface area contributed by atoms with E-state index in [0.29, 0.717) is 18.4 Å². The first kappa shape index (κ1) is 12.1. The number of piperidine rings is 1. The zero-order chi connectivity index (χ0) is 12.1. The van der Waals surface area contributed by atoms with E-state index >= 15 is 0 Å². The Hall–Kier alpha value is -1.36. The summed E-state index contributed by atoms with van der Waals surface area (Å²) >= 11 is 0. The third-order valence-electron chi connectivity index (χ3n) is 3.04. The molecular weight excluding hydrogens is 216 g/mol. The number of aromatic nitrogens is 2. The number of ether oxygens (including phenoxy) is 1. The van der Waals surface area contributed by atoms with Crippen LogP contribution in [0.3, 0.4) is 0 Å². The molecule has 1 aliphatic heterocycles. The van der Waals surface area contributed by atoms with Crippen molar-refractivity contribution in [2.45, 2.75) is 32.2 Å². The molecule has 0 saturated carbocycles. The van der Waals surface area contributed by atoms with E-state index in [4.69, 9.17) is 4.74 Å². The smallest absolute Gasteiger partial charge is 0.226 e. The Morgan fingerprint density at radius 2 is 2.24 bits per heavy atom. The van der Waals surface area contributed by atoms with Crippen LogP contribution in [0, 0.1) is 0 Å². The fourth-order valence-corrected chi connectivity index (χ4v) is 2.00. The first-order chi connectivity index (χ1) is 8.22. The maximum atomic E-state index is 5.37. The van der Waals surface area contributed by atoms with E-state index in [1.807, 2.05) is 6.92 Å². The van der Waals surface area contributed by atoms with Crippen molar-refractivity contribution in [3.63, 3.8) is 0 Å². The Morgan fingerprint density at radius 3 is 2.94 bits per heavy atom. The van der Waals surface area contributed by atoms with Crippen LogP contribution < -0.4 is 15.4 Å². The maximum absolute atomic E-state index is 5.37. The standard InChI is InChI=1S/C12H20N4O/c1-3-17-10-4-7-14-11(15-10)16-12(2)5-8-13-9-6-12/h4,7,13H,3,5-6,8-9H2,1-2H3,(H,14,15,16). The summed E-state index contributed by atoms with van der Waals surface area (Å²) in [5, 5.41) is 6.77. The largest absolute Gasteiger partial charge is 0.478 e. The quantitative estimate of drug-likeness (QED) is 0.828. The van der Waals surface area contributed by atoms with Crippen molar-refractivity contribution in [3.8, 4) is 5.88 Å². The van der Waals surface area contributed by atoms with Gasteiger partial charge in [0.05, 0.1) is 6.61 Å². The van der Waals surface area contributed by atoms with Crippen LogP contribution in [-0.2, 0) is 0 Å². The summed E-state index contributed by atoms with van der Waals surface area (Å²) in [6.07, 6.45) is 3.88. The van der Waals surface area contributed by atoms with Crippen molar-refractivity contribution in [2.24, 2.45) is 0 Å². The van der Waals surface area contributed by atoms with Gasteiger partial charge in [0.15, 0.2) is 0 Å². The van der Waals surface area contributed by atoms with E-state index in [1.165, 1.54) is 0 Å². The summed E-state index contributed by atoms with van der Waals surface area (Å²) in [4.78, 5) is 8.58. The van der Waals surface area contributed by atoms with Crippen molar-refractivity contribution >= 4 is 5.95 Å². The Morgan fingerprint density at radius 1 is 1.47 bits per heavy atom. The van der Waals surface area contributed by atoms with Gasteiger partial charge in [0.1, 0.15) is 0 Å². The summed E-state index contributed by atoms with van der Waals surface area (Å²) in [5.74, 6) is 1.28. The molecule has 17 heavy (non-hydrogen) atoms. The van der Waals surface area contributed by atoms with Crippen molar-refractivity contribution in [1.82, 2.24) is 15.3 Å². The topological polar surface area (TPSA) is 59.1 Å². The molecule has 2 N–H and O–H groups in total. The minimum Gasteiger partial charge on any atom is -0.478 e. The zero-order valence-corrected chi connectivity index (χ0v) is 10.5. The predicted octanol–water partition coefficient (Wildman–Crippen LogP) is 1.43. The van der Waals surface area contributed by atoms with Gasteiger partial charge in [0.2, 0.25) is 11.8 Å². The van der Waals surface area contributed by atoms with Crippen LogP contribution in [0.1, 0.15) is 26.7 Å². The molecule has 2 heterocycles. The van der Waals surface area contributed by atoms with Gasteiger partial charge in [0, 0.05) is 17.8 Å². The predicted molar refractivity (Wildman–Crippen MR) is 67.3 cm³/mol. The van der Waals surface area contributed by atoms with Gasteiger partial charge in [-0.1, -0.05) is 0 Å². The second-order valence-corrected chi connectivity index (χ2v) is 4.59. The molecule has 0 spiro atoms. The molecule has 0 radical (unpaired) electrons. The highest BCUT2D eigenvalue weighted by molar-refractivity contribution is 5.31. The minimum absolute atomic E-state index is 0.0795. The van der Waals surface area contributed by atoms with Crippen LogP contribution in [0.5, 0.6) is 5.88 Å². The van der Waals surface area contributed by atoms with Gasteiger partial charge in [-0.2, -0.15) is 4.98 Å². The second-order valence-electron chi connectivity index (χ2n) is 4.59. The molecule has 0 aromatic carbocycles. The van der Waals surface area contributed by atoms with Gasteiger partial charge >= 0.3 is 0 Å². The van der Waals surface area contributed by atoms with Crippen LogP contribution >= 0.6 is 0 Å². The number of nitrogens with zero attached hydrogens (tertiary/aromatic N) is 2. The number of anilines is 1. The lowest BCUT2D eigenvalue weighted by atomic mass is 9.91. The second kappa shape index (κ2) is 5.31. The average Bonchev–Trinajstić information content (AvgIpc) is 2.30. The van der Waals surface area contributed by atoms with Gasteiger partial charge in [-0.15, -0.1) is 0 Å². The van der Waals surface area contributed by atoms with E-state index < -0.39 is 0 Å². The minimum atomic E-state index is 0.0795. The molecule has 1 saturated heterocycles. The van der Waals surface area contributed by atoms with Gasteiger partial charge in [-0.05, 0) is 39.8 Å². The summed E-state index contributed by atoms with van der Waals surface area (Å²) in [6, 6.07) is 1.78. The van der Waals surface area contributed by atoms with E-state index in [-0.39, 0.29) is 5.54 Å². The fourth-order valence-electron chi connectivity index (χ4n) is 2.00. The molecule has 1 aromatic rings. The molecule has 2 rings (SSSR count). The summed E-state index contributed by atoms with van der Waals surface area (Å²) in [5.41, 5.74) is 0.0795. The van der Waals surface area contributed by atoms with E-state index in [0.717, 1.165) is 25.9 Å². The Kier molecular flexibility index (Phi) is 3.78. The number of hydrogen-bond acceptors (Lipinski definition) is 5. The van der Waals surface area contributed by atoms with Crippen molar-refractivity contribution < 1.29 is 4.74 Å². The van der Waals surface area contributed by atoms with Crippen LogP contribution in [0.2, 0.25) is 0 Å². The molecule has 1 fully saturated rings. The highest BCUT2D eigenvalue weighted by Gasteiger charge is 2.27. The molecule has 0 amide bonds. The summed E-state index contributed by atoms with van der Waals surface area (Å²) in [7, 11) is 0. The third kappa shape index (κ3) is 3.30. The highest BCUT2D eigenvalue weighted by atomic mass is 16.5. The van der Waals surface area contributed by atoms with Gasteiger partial charge in [-0.25, -0.2) is 4.98 Å². The van der Waals surface area contributed by atoms with Gasteiger partial charge in [0.25, 0.3) is 0 Å². The Bertz CT molecular complexity index is 363. The lowest BCUT2D eigenvalue weighted by Crippen LogP contribution is -2.45. The molecule has 5 heteroatoms. The van der Waals surface area contributed by atoms with Crippen molar-refractivity contribution in [2.75, 3.05) is 25.0 Å². The first-order valence-corrected chi connectivity index (χ1v) is 6.17. The monoisotopic (exact) mass is 236 g/mol. The molecule has 0 unspecified atom stereocenters. The summed E-state index contributed by atoms with van der Waals surface area (Å²) in [6.45, 7) is 6.86. The molecule has 0 atom stereocenters. The van der Waals surface area contributed by atoms with Crippen molar-refractivity contribution in [1.29, 1.82) is 0 Å². The number of nitrogens with one attached hydrogen (secondary N) is 2. The van der Waals surface area contributed by atoms with Crippen LogP contribution in [0.15, 0.2) is 12.3 Å². The van der Waals surface area contributed by atoms with E-state index in [1.54, 1.807) is 12.3 Å². The number of hydrogen-bond donors (Lipinski definition) is 2. The molecule has 0 bridgehead atoms. The van der Waals surface area contributed by atoms with Gasteiger partial charge in [-0.3, -0.25) is 0 Å². The average molecular weight is 236 g/mol. The third-order valence-corrected chi connectivity index (χ3v) is 3.04. The number of rotatable bonds is 4. The molecule has 5 nitrogen and oxygen atoms in total. The van der Waals surface area contributed by atoms with E-state index in [2.05, 4.69) is 27.5 Å². The van der Waals surface area contributed by atoms with Crippen LogP contribution in [0.25, 0.3) is 0 Å². The first-order valence-electron chi connectivity index (χ1n) is 6.17. The molecular formula is C12H20N4O. The lowest BCUT2D eigenvalue weighted by Gasteiger charge is -2.34. The van der Waals surface area contributed by atoms with Crippen LogP contribution in [-0.4, -0.2) is 35.2 Å². The highest BCUT2D eigenvalue weighted by Crippen LogP contribution is 2.22. The summed E-state index contributed by atoms with van der Waals surface area (Å²) < 4.78 is 5.37.